The Hall–Kier alpha value is -0.0800. The van der Waals surface area contributed by atoms with Gasteiger partial charge in [0.25, 0.3) is 0 Å². The van der Waals surface area contributed by atoms with Gasteiger partial charge in [-0.1, -0.05) is 0 Å². The van der Waals surface area contributed by atoms with Gasteiger partial charge in [0.05, 0.1) is 6.10 Å². The molecule has 0 heterocycles. The molecule has 2 nitrogen and oxygen atoms in total. The quantitative estimate of drug-likeness (QED) is 0.594. The Morgan fingerprint density at radius 2 is 2.22 bits per heavy atom. The van der Waals surface area contributed by atoms with Crippen molar-refractivity contribution in [1.29, 1.82) is 0 Å². The monoisotopic (exact) mass is 129 g/mol. The second-order valence-electron chi connectivity index (χ2n) is 2.66. The van der Waals surface area contributed by atoms with Crippen LogP contribution in [0, 0.1) is 0 Å². The van der Waals surface area contributed by atoms with E-state index in [-0.39, 0.29) is 0 Å². The molecule has 1 aliphatic rings. The number of nitrogens with one attached hydrogen (secondary N) is 1. The van der Waals surface area contributed by atoms with Crippen LogP contribution in [0.5, 0.6) is 0 Å². The zero-order chi connectivity index (χ0) is 6.69. The maximum atomic E-state index is 5.20. The third-order valence-corrected chi connectivity index (χ3v) is 2.13. The molecule has 0 radical (unpaired) electrons. The van der Waals surface area contributed by atoms with Gasteiger partial charge in [0, 0.05) is 13.2 Å². The highest BCUT2D eigenvalue weighted by Crippen LogP contribution is 2.20. The molecule has 2 heteroatoms. The van der Waals surface area contributed by atoms with Crippen LogP contribution in [0.15, 0.2) is 0 Å². The third-order valence-electron chi connectivity index (χ3n) is 2.13. The summed E-state index contributed by atoms with van der Waals surface area (Å²) in [6.07, 6.45) is 4.20. The van der Waals surface area contributed by atoms with E-state index >= 15 is 0 Å². The highest BCUT2D eigenvalue weighted by molar-refractivity contribution is 4.79. The molecule has 54 valence electrons. The van der Waals surface area contributed by atoms with Crippen LogP contribution in [-0.4, -0.2) is 26.3 Å². The van der Waals surface area contributed by atoms with Gasteiger partial charge < -0.3 is 10.1 Å². The molecule has 1 rings (SSSR count). The van der Waals surface area contributed by atoms with Crippen molar-refractivity contribution >= 4 is 0 Å². The fourth-order valence-electron chi connectivity index (χ4n) is 1.42. The highest BCUT2D eigenvalue weighted by atomic mass is 16.5. The summed E-state index contributed by atoms with van der Waals surface area (Å²) in [5.41, 5.74) is 0. The van der Waals surface area contributed by atoms with E-state index in [1.54, 1.807) is 7.11 Å². The average Bonchev–Trinajstić information content (AvgIpc) is 2.34. The number of hydrogen-bond donors (Lipinski definition) is 1. The highest BCUT2D eigenvalue weighted by Gasteiger charge is 2.22. The van der Waals surface area contributed by atoms with Gasteiger partial charge >= 0.3 is 0 Å². The summed E-state index contributed by atoms with van der Waals surface area (Å²) >= 11 is 0. The van der Waals surface area contributed by atoms with Crippen LogP contribution < -0.4 is 5.32 Å². The minimum absolute atomic E-state index is 0.516. The molecule has 1 N–H and O–H groups in total. The molecule has 0 aromatic rings. The fraction of sp³-hybridized carbons (Fsp3) is 1.00. The van der Waals surface area contributed by atoms with Gasteiger partial charge in [0.15, 0.2) is 0 Å². The smallest absolute Gasteiger partial charge is 0.0586 e. The van der Waals surface area contributed by atoms with E-state index in [0.29, 0.717) is 12.1 Å². The first-order valence-electron chi connectivity index (χ1n) is 3.57. The molecule has 0 amide bonds. The van der Waals surface area contributed by atoms with Crippen LogP contribution in [0.1, 0.15) is 19.3 Å². The average molecular weight is 129 g/mol. The summed E-state index contributed by atoms with van der Waals surface area (Å²) in [7, 11) is 3.81. The second-order valence-corrected chi connectivity index (χ2v) is 2.66. The number of methoxy groups -OCH3 is 1. The predicted octanol–water partition coefficient (Wildman–Crippen LogP) is 0.773. The lowest BCUT2D eigenvalue weighted by atomic mass is 10.2. The minimum Gasteiger partial charge on any atom is -0.381 e. The Morgan fingerprint density at radius 3 is 2.56 bits per heavy atom. The van der Waals surface area contributed by atoms with Crippen LogP contribution in [0.4, 0.5) is 0 Å². The van der Waals surface area contributed by atoms with Crippen LogP contribution in [0.3, 0.4) is 0 Å². The molecule has 0 aromatic heterocycles. The summed E-state index contributed by atoms with van der Waals surface area (Å²) in [5.74, 6) is 0. The summed E-state index contributed by atoms with van der Waals surface area (Å²) in [5, 5.41) is 3.25. The molecule has 0 aromatic carbocycles. The van der Waals surface area contributed by atoms with E-state index in [0.717, 1.165) is 0 Å². The molecule has 1 aliphatic carbocycles. The Kier molecular flexibility index (Phi) is 2.49. The van der Waals surface area contributed by atoms with Crippen molar-refractivity contribution in [2.75, 3.05) is 14.2 Å². The third kappa shape index (κ3) is 1.66. The van der Waals surface area contributed by atoms with Crippen molar-refractivity contribution in [2.24, 2.45) is 0 Å². The standard InChI is InChI=1S/C7H15NO/c1-8-6-3-4-7(5-6)9-2/h6-8H,3-5H2,1-2H3. The van der Waals surface area contributed by atoms with Crippen molar-refractivity contribution in [3.8, 4) is 0 Å². The van der Waals surface area contributed by atoms with Crippen molar-refractivity contribution in [1.82, 2.24) is 5.32 Å². The predicted molar refractivity (Wildman–Crippen MR) is 37.5 cm³/mol. The first kappa shape index (κ1) is 7.03. The second kappa shape index (κ2) is 3.18. The normalized spacial score (nSPS) is 35.3. The molecule has 1 saturated carbocycles. The zero-order valence-corrected chi connectivity index (χ0v) is 6.18. The zero-order valence-electron chi connectivity index (χ0n) is 6.18. The maximum absolute atomic E-state index is 5.20. The largest absolute Gasteiger partial charge is 0.381 e. The molecule has 9 heavy (non-hydrogen) atoms. The van der Waals surface area contributed by atoms with Gasteiger partial charge in [0.2, 0.25) is 0 Å². The lowest BCUT2D eigenvalue weighted by Gasteiger charge is -2.07. The Morgan fingerprint density at radius 1 is 1.44 bits per heavy atom. The molecule has 2 unspecified atom stereocenters. The minimum atomic E-state index is 0.516. The van der Waals surface area contributed by atoms with E-state index < -0.39 is 0 Å². The fourth-order valence-corrected chi connectivity index (χ4v) is 1.42. The molecule has 0 spiro atoms. The van der Waals surface area contributed by atoms with Crippen molar-refractivity contribution in [3.63, 3.8) is 0 Å². The Labute approximate surface area is 56.6 Å². The topological polar surface area (TPSA) is 21.3 Å². The lowest BCUT2D eigenvalue weighted by Crippen LogP contribution is -2.22. The lowest BCUT2D eigenvalue weighted by molar-refractivity contribution is 0.107. The van der Waals surface area contributed by atoms with Gasteiger partial charge in [-0.25, -0.2) is 0 Å². The van der Waals surface area contributed by atoms with Crippen molar-refractivity contribution in [3.05, 3.63) is 0 Å². The molecule has 0 aliphatic heterocycles. The first-order valence-corrected chi connectivity index (χ1v) is 3.57. The summed E-state index contributed by atoms with van der Waals surface area (Å²) in [6, 6.07) is 0.704. The van der Waals surface area contributed by atoms with Gasteiger partial charge in [-0.15, -0.1) is 0 Å². The van der Waals surface area contributed by atoms with Crippen LogP contribution in [0.25, 0.3) is 0 Å². The van der Waals surface area contributed by atoms with E-state index in [1.165, 1.54) is 19.3 Å². The van der Waals surface area contributed by atoms with Crippen molar-refractivity contribution in [2.45, 2.75) is 31.4 Å². The van der Waals surface area contributed by atoms with Gasteiger partial charge in [0.1, 0.15) is 0 Å². The first-order chi connectivity index (χ1) is 4.36. The Balaban J connectivity index is 2.20. The van der Waals surface area contributed by atoms with Crippen LogP contribution in [-0.2, 0) is 4.74 Å². The molecule has 2 atom stereocenters. The molecule has 0 bridgehead atoms. The van der Waals surface area contributed by atoms with Crippen LogP contribution >= 0.6 is 0 Å². The summed E-state index contributed by atoms with van der Waals surface area (Å²) in [6.45, 7) is 0. The maximum Gasteiger partial charge on any atom is 0.0586 e. The van der Waals surface area contributed by atoms with Crippen LogP contribution in [0.2, 0.25) is 0 Å². The summed E-state index contributed by atoms with van der Waals surface area (Å²) in [4.78, 5) is 0. The van der Waals surface area contributed by atoms with Gasteiger partial charge in [-0.3, -0.25) is 0 Å². The van der Waals surface area contributed by atoms with E-state index in [9.17, 15) is 0 Å². The van der Waals surface area contributed by atoms with E-state index in [4.69, 9.17) is 4.74 Å². The van der Waals surface area contributed by atoms with E-state index in [1.807, 2.05) is 7.05 Å². The number of ether oxygens (including phenoxy) is 1. The molecular weight excluding hydrogens is 114 g/mol. The summed E-state index contributed by atoms with van der Waals surface area (Å²) < 4.78 is 5.20. The Bertz CT molecular complexity index is 75.0. The van der Waals surface area contributed by atoms with Gasteiger partial charge in [-0.05, 0) is 26.3 Å². The number of hydrogen-bond acceptors (Lipinski definition) is 2. The SMILES string of the molecule is CNC1CCC(OC)C1. The molecule has 1 fully saturated rings. The number of rotatable bonds is 2. The van der Waals surface area contributed by atoms with E-state index in [2.05, 4.69) is 5.32 Å². The molecular formula is C7H15NO. The van der Waals surface area contributed by atoms with Gasteiger partial charge in [-0.2, -0.15) is 0 Å². The molecule has 0 saturated heterocycles. The van der Waals surface area contributed by atoms with Crippen molar-refractivity contribution < 1.29 is 4.74 Å².